The Morgan fingerprint density at radius 2 is 1.78 bits per heavy atom. The van der Waals surface area contributed by atoms with Gasteiger partial charge in [-0.1, -0.05) is 0 Å². The Labute approximate surface area is 133 Å². The summed E-state index contributed by atoms with van der Waals surface area (Å²) in [5.41, 5.74) is 1.05. The zero-order valence-electron chi connectivity index (χ0n) is 13.1. The highest BCUT2D eigenvalue weighted by Crippen LogP contribution is 2.38. The molecule has 1 aromatic carbocycles. The SMILES string of the molecule is COc1cc(CNc2ccc([NH+]([O-])O)cn2)cc(OC)c1OC. The number of methoxy groups -OCH3 is 3. The molecule has 1 heterocycles. The molecule has 1 atom stereocenters. The number of benzene rings is 1. The monoisotopic (exact) mass is 321 g/mol. The zero-order chi connectivity index (χ0) is 16.8. The van der Waals surface area contributed by atoms with Crippen LogP contribution in [0.4, 0.5) is 11.5 Å². The van der Waals surface area contributed by atoms with Crippen molar-refractivity contribution in [2.45, 2.75) is 6.54 Å². The van der Waals surface area contributed by atoms with Crippen LogP contribution in [0.5, 0.6) is 17.2 Å². The van der Waals surface area contributed by atoms with Crippen molar-refractivity contribution in [3.05, 3.63) is 41.2 Å². The van der Waals surface area contributed by atoms with Gasteiger partial charge < -0.3 is 24.7 Å². The first kappa shape index (κ1) is 16.8. The van der Waals surface area contributed by atoms with E-state index in [0.29, 0.717) is 29.6 Å². The van der Waals surface area contributed by atoms with Crippen molar-refractivity contribution >= 4 is 11.5 Å². The number of aromatic nitrogens is 1. The van der Waals surface area contributed by atoms with Gasteiger partial charge in [0.1, 0.15) is 5.82 Å². The molecule has 2 rings (SSSR count). The average Bonchev–Trinajstić information content (AvgIpc) is 2.59. The minimum absolute atomic E-state index is 0.142. The number of ether oxygens (including phenoxy) is 3. The van der Waals surface area contributed by atoms with Crippen LogP contribution < -0.4 is 24.8 Å². The summed E-state index contributed by atoms with van der Waals surface area (Å²) in [4.78, 5) is 4.05. The Morgan fingerprint density at radius 3 is 2.22 bits per heavy atom. The summed E-state index contributed by atoms with van der Waals surface area (Å²) in [6.07, 6.45) is 1.31. The third kappa shape index (κ3) is 4.01. The number of quaternary nitrogens is 1. The van der Waals surface area contributed by atoms with Crippen LogP contribution in [0.15, 0.2) is 30.5 Å². The van der Waals surface area contributed by atoms with E-state index >= 15 is 0 Å². The molecule has 124 valence electrons. The maximum Gasteiger partial charge on any atom is 0.203 e. The van der Waals surface area contributed by atoms with Gasteiger partial charge in [-0.2, -0.15) is 5.23 Å². The minimum atomic E-state index is -1.01. The molecule has 1 unspecified atom stereocenters. The standard InChI is InChI=1S/C15H19N3O5/c1-21-12-6-10(7-13(22-2)15(12)23-3)8-16-14-5-4-11(9-17-14)18(19)20/h4-7,9,18-19H,8H2,1-3H3,(H,16,17). The van der Waals surface area contributed by atoms with Crippen molar-refractivity contribution in [3.63, 3.8) is 0 Å². The number of nitrogens with one attached hydrogen (secondary N) is 2. The fourth-order valence-corrected chi connectivity index (χ4v) is 2.06. The Kier molecular flexibility index (Phi) is 5.58. The van der Waals surface area contributed by atoms with E-state index < -0.39 is 5.23 Å². The van der Waals surface area contributed by atoms with Crippen LogP contribution in [0, 0.1) is 5.21 Å². The molecule has 0 spiro atoms. The number of rotatable bonds is 7. The van der Waals surface area contributed by atoms with E-state index in [2.05, 4.69) is 10.3 Å². The highest BCUT2D eigenvalue weighted by atomic mass is 16.8. The third-order valence-corrected chi connectivity index (χ3v) is 3.21. The maximum atomic E-state index is 10.8. The molecule has 0 aliphatic heterocycles. The number of nitrogens with zero attached hydrogens (tertiary/aromatic N) is 1. The lowest BCUT2D eigenvalue weighted by Gasteiger charge is -2.15. The van der Waals surface area contributed by atoms with Crippen LogP contribution in [-0.4, -0.2) is 31.5 Å². The molecule has 3 N–H and O–H groups in total. The lowest BCUT2D eigenvalue weighted by molar-refractivity contribution is -0.991. The van der Waals surface area contributed by atoms with Gasteiger partial charge in [0.2, 0.25) is 5.75 Å². The van der Waals surface area contributed by atoms with E-state index in [1.165, 1.54) is 12.3 Å². The molecule has 0 aliphatic rings. The minimum Gasteiger partial charge on any atom is -0.595 e. The first-order chi connectivity index (χ1) is 11.1. The zero-order valence-corrected chi connectivity index (χ0v) is 13.1. The van der Waals surface area contributed by atoms with Gasteiger partial charge in [0.25, 0.3) is 0 Å². The second-order valence-electron chi connectivity index (χ2n) is 4.62. The van der Waals surface area contributed by atoms with Crippen LogP contribution >= 0.6 is 0 Å². The Morgan fingerprint density at radius 1 is 1.13 bits per heavy atom. The molecule has 0 saturated heterocycles. The summed E-state index contributed by atoms with van der Waals surface area (Å²) in [5.74, 6) is 2.24. The Balaban J connectivity index is 2.13. The molecule has 0 aliphatic carbocycles. The highest BCUT2D eigenvalue weighted by Gasteiger charge is 2.13. The van der Waals surface area contributed by atoms with Crippen LogP contribution in [0.1, 0.15) is 5.56 Å². The van der Waals surface area contributed by atoms with Gasteiger partial charge in [-0.3, -0.25) is 0 Å². The van der Waals surface area contributed by atoms with Crippen LogP contribution in [0.3, 0.4) is 0 Å². The summed E-state index contributed by atoms with van der Waals surface area (Å²) < 4.78 is 15.9. The second-order valence-corrected chi connectivity index (χ2v) is 4.62. The second kappa shape index (κ2) is 7.63. The topological polar surface area (TPSA) is 100 Å². The smallest absolute Gasteiger partial charge is 0.203 e. The molecule has 2 aromatic rings. The van der Waals surface area contributed by atoms with Crippen molar-refractivity contribution in [1.29, 1.82) is 0 Å². The molecule has 0 amide bonds. The quantitative estimate of drug-likeness (QED) is 0.657. The first-order valence-corrected chi connectivity index (χ1v) is 6.81. The summed E-state index contributed by atoms with van der Waals surface area (Å²) in [6, 6.07) is 6.77. The van der Waals surface area contributed by atoms with E-state index in [4.69, 9.17) is 19.4 Å². The van der Waals surface area contributed by atoms with E-state index in [-0.39, 0.29) is 5.69 Å². The van der Waals surface area contributed by atoms with Gasteiger partial charge in [0.05, 0.1) is 27.5 Å². The van der Waals surface area contributed by atoms with Crippen molar-refractivity contribution in [3.8, 4) is 17.2 Å². The normalized spacial score (nSPS) is 11.7. The van der Waals surface area contributed by atoms with Gasteiger partial charge in [-0.05, 0) is 23.8 Å². The van der Waals surface area contributed by atoms with E-state index in [1.54, 1.807) is 27.4 Å². The molecule has 1 aromatic heterocycles. The highest BCUT2D eigenvalue weighted by molar-refractivity contribution is 5.54. The molecule has 8 nitrogen and oxygen atoms in total. The molecule has 0 bridgehead atoms. The van der Waals surface area contributed by atoms with Crippen molar-refractivity contribution < 1.29 is 24.6 Å². The fourth-order valence-electron chi connectivity index (χ4n) is 2.06. The van der Waals surface area contributed by atoms with Crippen LogP contribution in [-0.2, 0) is 6.54 Å². The molecular formula is C15H19N3O5. The van der Waals surface area contributed by atoms with Gasteiger partial charge in [0, 0.05) is 12.6 Å². The molecule has 8 heteroatoms. The van der Waals surface area contributed by atoms with Gasteiger partial charge in [-0.15, -0.1) is 0 Å². The van der Waals surface area contributed by atoms with Crippen molar-refractivity contribution in [2.75, 3.05) is 26.6 Å². The van der Waals surface area contributed by atoms with E-state index in [9.17, 15) is 5.21 Å². The average molecular weight is 321 g/mol. The van der Waals surface area contributed by atoms with Gasteiger partial charge in [0.15, 0.2) is 17.2 Å². The predicted molar refractivity (Wildman–Crippen MR) is 83.4 cm³/mol. The number of hydrogen-bond donors (Lipinski definition) is 3. The molecule has 23 heavy (non-hydrogen) atoms. The van der Waals surface area contributed by atoms with E-state index in [0.717, 1.165) is 5.56 Å². The van der Waals surface area contributed by atoms with E-state index in [1.807, 2.05) is 12.1 Å². The lowest BCUT2D eigenvalue weighted by Crippen LogP contribution is -2.99. The Hall–Kier alpha value is -2.55. The maximum absolute atomic E-state index is 10.8. The van der Waals surface area contributed by atoms with Gasteiger partial charge >= 0.3 is 0 Å². The molecule has 0 radical (unpaired) electrons. The van der Waals surface area contributed by atoms with Crippen molar-refractivity contribution in [1.82, 2.24) is 4.98 Å². The number of hydrogen-bond acceptors (Lipinski definition) is 7. The lowest BCUT2D eigenvalue weighted by atomic mass is 10.1. The molecule has 0 fully saturated rings. The van der Waals surface area contributed by atoms with Crippen LogP contribution in [0.2, 0.25) is 0 Å². The van der Waals surface area contributed by atoms with Gasteiger partial charge in [-0.25, -0.2) is 10.2 Å². The number of pyridine rings is 1. The van der Waals surface area contributed by atoms with Crippen molar-refractivity contribution in [2.24, 2.45) is 0 Å². The summed E-state index contributed by atoms with van der Waals surface area (Å²) in [5, 5.41) is 21.7. The Bertz CT molecular complexity index is 621. The largest absolute Gasteiger partial charge is 0.595 e. The third-order valence-electron chi connectivity index (χ3n) is 3.21. The predicted octanol–water partition coefficient (Wildman–Crippen LogP) is 1.12. The summed E-state index contributed by atoms with van der Waals surface area (Å²) >= 11 is 0. The number of anilines is 1. The summed E-state index contributed by atoms with van der Waals surface area (Å²) in [6.45, 7) is 0.468. The fraction of sp³-hybridized carbons (Fsp3) is 0.267. The molecule has 0 saturated carbocycles. The summed E-state index contributed by atoms with van der Waals surface area (Å²) in [7, 11) is 4.66. The molecular weight excluding hydrogens is 302 g/mol. The van der Waals surface area contributed by atoms with Crippen LogP contribution in [0.25, 0.3) is 0 Å². The first-order valence-electron chi connectivity index (χ1n) is 6.81.